The van der Waals surface area contributed by atoms with Gasteiger partial charge in [0.05, 0.1) is 0 Å². The van der Waals surface area contributed by atoms with Gasteiger partial charge in [0.25, 0.3) is 0 Å². The van der Waals surface area contributed by atoms with E-state index in [9.17, 15) is 0 Å². The normalized spacial score (nSPS) is 10.6. The summed E-state index contributed by atoms with van der Waals surface area (Å²) in [5.41, 5.74) is 0. The van der Waals surface area contributed by atoms with Crippen molar-refractivity contribution < 1.29 is 5.10 Å². The van der Waals surface area contributed by atoms with E-state index in [4.69, 9.17) is 0 Å². The summed E-state index contributed by atoms with van der Waals surface area (Å²) in [5, 5.41) is 6.99. The van der Waals surface area contributed by atoms with Gasteiger partial charge in [0.1, 0.15) is 6.54 Å². The van der Waals surface area contributed by atoms with Crippen LogP contribution >= 0.6 is 0 Å². The van der Waals surface area contributed by atoms with Crippen LogP contribution in [0.4, 0.5) is 0 Å². The smallest absolute Gasteiger partial charge is 0.174 e. The monoisotopic (exact) mass is 126 g/mol. The number of rotatable bonds is 2. The molecule has 0 bridgehead atoms. The maximum absolute atomic E-state index is 4.02. The zero-order valence-electron chi connectivity index (χ0n) is 5.83. The van der Waals surface area contributed by atoms with Crippen molar-refractivity contribution in [3.63, 3.8) is 0 Å². The van der Waals surface area contributed by atoms with Crippen molar-refractivity contribution in [1.29, 1.82) is 0 Å². The van der Waals surface area contributed by atoms with Crippen LogP contribution in [0, 0.1) is 5.92 Å². The molecule has 3 nitrogen and oxygen atoms in total. The molecule has 1 rings (SSSR count). The first-order valence-electron chi connectivity index (χ1n) is 3.18. The molecule has 0 aliphatic rings. The molecule has 0 aromatic carbocycles. The van der Waals surface area contributed by atoms with E-state index in [1.54, 1.807) is 6.20 Å². The number of nitrogens with zero attached hydrogens (tertiary/aromatic N) is 2. The van der Waals surface area contributed by atoms with E-state index in [2.05, 4.69) is 24.0 Å². The van der Waals surface area contributed by atoms with E-state index in [-0.39, 0.29) is 0 Å². The summed E-state index contributed by atoms with van der Waals surface area (Å²) in [6.45, 7) is 5.29. The van der Waals surface area contributed by atoms with E-state index in [1.807, 2.05) is 11.0 Å². The van der Waals surface area contributed by atoms with Crippen molar-refractivity contribution in [2.75, 3.05) is 0 Å². The molecule has 9 heavy (non-hydrogen) atoms. The molecular formula is C6H12N3+. The highest BCUT2D eigenvalue weighted by molar-refractivity contribution is 4.50. The lowest BCUT2D eigenvalue weighted by Gasteiger charge is -1.95. The quantitative estimate of drug-likeness (QED) is 0.562. The van der Waals surface area contributed by atoms with Crippen molar-refractivity contribution in [2.45, 2.75) is 20.4 Å². The highest BCUT2D eigenvalue weighted by atomic mass is 15.5. The Bertz CT molecular complexity index is 155. The van der Waals surface area contributed by atoms with Crippen LogP contribution in [-0.2, 0) is 6.54 Å². The van der Waals surface area contributed by atoms with Crippen molar-refractivity contribution >= 4 is 0 Å². The molecule has 0 aliphatic carbocycles. The van der Waals surface area contributed by atoms with Crippen molar-refractivity contribution in [3.05, 3.63) is 12.4 Å². The highest BCUT2D eigenvalue weighted by Gasteiger charge is 2.00. The fourth-order valence-corrected chi connectivity index (χ4v) is 0.712. The standard InChI is InChI=1S/C6H11N3/c1-6(2)5-9-7-3-4-8-9/h3-4,6H,5H2,1-2H3/p+1. The average Bonchev–Trinajstić information content (AvgIpc) is 2.15. The lowest BCUT2D eigenvalue weighted by molar-refractivity contribution is -0.498. The molecule has 50 valence electrons. The van der Waals surface area contributed by atoms with Crippen LogP contribution < -0.4 is 5.10 Å². The second-order valence-electron chi connectivity index (χ2n) is 2.54. The SMILES string of the molecule is CC(C)Cn1ncc[nH+]1. The van der Waals surface area contributed by atoms with Crippen LogP contribution in [0.15, 0.2) is 12.4 Å². The van der Waals surface area contributed by atoms with Gasteiger partial charge in [-0.2, -0.15) is 5.10 Å². The Hall–Kier alpha value is -0.860. The Kier molecular flexibility index (Phi) is 1.82. The summed E-state index contributed by atoms with van der Waals surface area (Å²) in [6, 6.07) is 0. The van der Waals surface area contributed by atoms with Crippen LogP contribution in [0.25, 0.3) is 0 Å². The number of aromatic amines is 1. The molecule has 0 saturated carbocycles. The molecule has 0 spiro atoms. The lowest BCUT2D eigenvalue weighted by atomic mass is 10.2. The zero-order valence-corrected chi connectivity index (χ0v) is 5.83. The van der Waals surface area contributed by atoms with E-state index < -0.39 is 0 Å². The van der Waals surface area contributed by atoms with Gasteiger partial charge in [-0.15, -0.1) is 0 Å². The molecule has 3 heteroatoms. The molecule has 1 N–H and O–H groups in total. The number of H-pyrrole nitrogens is 1. The van der Waals surface area contributed by atoms with E-state index >= 15 is 0 Å². The first kappa shape index (κ1) is 6.26. The molecular weight excluding hydrogens is 114 g/mol. The number of aromatic nitrogens is 3. The summed E-state index contributed by atoms with van der Waals surface area (Å²) in [5.74, 6) is 0.654. The molecule has 0 unspecified atom stereocenters. The first-order chi connectivity index (χ1) is 4.29. The summed E-state index contributed by atoms with van der Waals surface area (Å²) in [7, 11) is 0. The molecule has 1 aromatic rings. The molecule has 1 aromatic heterocycles. The fraction of sp³-hybridized carbons (Fsp3) is 0.667. The fourth-order valence-electron chi connectivity index (χ4n) is 0.712. The number of hydrogen-bond acceptors (Lipinski definition) is 1. The predicted octanol–water partition coefficient (Wildman–Crippen LogP) is 0.353. The van der Waals surface area contributed by atoms with Crippen molar-refractivity contribution in [1.82, 2.24) is 9.90 Å². The Balaban J connectivity index is 2.48. The van der Waals surface area contributed by atoms with Crippen LogP contribution in [0.5, 0.6) is 0 Å². The molecule has 0 aliphatic heterocycles. The van der Waals surface area contributed by atoms with E-state index in [0.29, 0.717) is 5.92 Å². The Morgan fingerprint density at radius 2 is 2.44 bits per heavy atom. The van der Waals surface area contributed by atoms with Gasteiger partial charge in [0.2, 0.25) is 6.20 Å². The third-order valence-corrected chi connectivity index (χ3v) is 1.04. The highest BCUT2D eigenvalue weighted by Crippen LogP contribution is 1.91. The van der Waals surface area contributed by atoms with Crippen LogP contribution in [0.2, 0.25) is 0 Å². The van der Waals surface area contributed by atoms with Crippen molar-refractivity contribution in [3.8, 4) is 0 Å². The summed E-state index contributed by atoms with van der Waals surface area (Å²) < 4.78 is 0. The van der Waals surface area contributed by atoms with Gasteiger partial charge in [-0.25, -0.2) is 0 Å². The molecule has 0 atom stereocenters. The minimum atomic E-state index is 0.654. The maximum Gasteiger partial charge on any atom is 0.206 e. The van der Waals surface area contributed by atoms with Gasteiger partial charge >= 0.3 is 0 Å². The van der Waals surface area contributed by atoms with E-state index in [0.717, 1.165) is 6.54 Å². The minimum absolute atomic E-state index is 0.654. The van der Waals surface area contributed by atoms with Gasteiger partial charge in [0.15, 0.2) is 6.20 Å². The predicted molar refractivity (Wildman–Crippen MR) is 33.6 cm³/mol. The Labute approximate surface area is 54.7 Å². The van der Waals surface area contributed by atoms with Crippen LogP contribution in [0.1, 0.15) is 13.8 Å². The summed E-state index contributed by atoms with van der Waals surface area (Å²) >= 11 is 0. The van der Waals surface area contributed by atoms with Crippen LogP contribution in [-0.4, -0.2) is 9.90 Å². The van der Waals surface area contributed by atoms with Gasteiger partial charge in [-0.05, 0) is 10.7 Å². The van der Waals surface area contributed by atoms with E-state index in [1.165, 1.54) is 0 Å². The van der Waals surface area contributed by atoms with Gasteiger partial charge in [-0.3, -0.25) is 0 Å². The van der Waals surface area contributed by atoms with Gasteiger partial charge in [-0.1, -0.05) is 13.8 Å². The van der Waals surface area contributed by atoms with Gasteiger partial charge in [0, 0.05) is 5.10 Å². The second kappa shape index (κ2) is 2.62. The summed E-state index contributed by atoms with van der Waals surface area (Å²) in [4.78, 5) is 1.82. The van der Waals surface area contributed by atoms with Crippen molar-refractivity contribution in [2.24, 2.45) is 5.92 Å². The Morgan fingerprint density at radius 1 is 1.67 bits per heavy atom. The first-order valence-corrected chi connectivity index (χ1v) is 3.18. The zero-order chi connectivity index (χ0) is 6.69. The molecule has 0 fully saturated rings. The number of hydrogen-bond donors (Lipinski definition) is 0. The topological polar surface area (TPSA) is 32.0 Å². The molecule has 0 saturated heterocycles. The third kappa shape index (κ3) is 1.83. The third-order valence-electron chi connectivity index (χ3n) is 1.04. The van der Waals surface area contributed by atoms with Crippen LogP contribution in [0.3, 0.4) is 0 Å². The number of nitrogens with one attached hydrogen (secondary N) is 1. The lowest BCUT2D eigenvalue weighted by Crippen LogP contribution is -2.21. The summed E-state index contributed by atoms with van der Waals surface area (Å²) in [6.07, 6.45) is 3.57. The Morgan fingerprint density at radius 3 is 2.89 bits per heavy atom. The second-order valence-corrected chi connectivity index (χ2v) is 2.54. The average molecular weight is 126 g/mol. The maximum atomic E-state index is 4.02. The minimum Gasteiger partial charge on any atom is -0.174 e. The molecule has 0 radical (unpaired) electrons. The molecule has 1 heterocycles. The molecule has 0 amide bonds. The van der Waals surface area contributed by atoms with Gasteiger partial charge < -0.3 is 0 Å². The largest absolute Gasteiger partial charge is 0.206 e.